The van der Waals surface area contributed by atoms with Crippen molar-refractivity contribution >= 4 is 18.4 Å². The van der Waals surface area contributed by atoms with Gasteiger partial charge in [0.2, 0.25) is 0 Å². The first-order valence-corrected chi connectivity index (χ1v) is 5.46. The molecule has 1 atom stereocenters. The van der Waals surface area contributed by atoms with E-state index in [1.54, 1.807) is 0 Å². The Bertz CT molecular complexity index is 448. The number of carboxylic acid groups (broad SMARTS) is 1. The molecule has 0 aromatic heterocycles. The molecule has 0 amide bonds. The van der Waals surface area contributed by atoms with Crippen molar-refractivity contribution in [3.63, 3.8) is 0 Å². The number of benzene rings is 1. The Hall–Kier alpha value is -1.20. The SMILES string of the molecule is Cl.O=C(O)[C@@]1(Cc2ccc(F)c(F)c2)CCCN1. The fraction of sp³-hybridized carbons (Fsp3) is 0.417. The summed E-state index contributed by atoms with van der Waals surface area (Å²) in [5.41, 5.74) is -0.551. The second kappa shape index (κ2) is 5.63. The maximum atomic E-state index is 13.0. The second-order valence-electron chi connectivity index (χ2n) is 4.34. The van der Waals surface area contributed by atoms with Crippen LogP contribution in [-0.2, 0) is 11.2 Å². The Balaban J connectivity index is 0.00000162. The van der Waals surface area contributed by atoms with E-state index in [4.69, 9.17) is 0 Å². The minimum Gasteiger partial charge on any atom is -0.480 e. The van der Waals surface area contributed by atoms with Crippen LogP contribution in [0.4, 0.5) is 8.78 Å². The molecule has 1 saturated heterocycles. The highest BCUT2D eigenvalue weighted by Gasteiger charge is 2.41. The van der Waals surface area contributed by atoms with Crippen LogP contribution in [0.1, 0.15) is 18.4 Å². The van der Waals surface area contributed by atoms with E-state index < -0.39 is 23.1 Å². The van der Waals surface area contributed by atoms with Gasteiger partial charge in [-0.3, -0.25) is 4.79 Å². The van der Waals surface area contributed by atoms with Crippen molar-refractivity contribution in [2.24, 2.45) is 0 Å². The number of carboxylic acids is 1. The van der Waals surface area contributed by atoms with Gasteiger partial charge in [-0.1, -0.05) is 6.07 Å². The van der Waals surface area contributed by atoms with Gasteiger partial charge in [0, 0.05) is 6.42 Å². The predicted octanol–water partition coefficient (Wildman–Crippen LogP) is 2.14. The van der Waals surface area contributed by atoms with Gasteiger partial charge in [-0.25, -0.2) is 8.78 Å². The second-order valence-corrected chi connectivity index (χ2v) is 4.34. The first-order chi connectivity index (χ1) is 8.03. The summed E-state index contributed by atoms with van der Waals surface area (Å²) in [6.07, 6.45) is 1.44. The third-order valence-corrected chi connectivity index (χ3v) is 3.14. The molecular formula is C12H14ClF2NO2. The van der Waals surface area contributed by atoms with E-state index in [0.717, 1.165) is 18.6 Å². The zero-order chi connectivity index (χ0) is 12.5. The third-order valence-electron chi connectivity index (χ3n) is 3.14. The van der Waals surface area contributed by atoms with E-state index in [9.17, 15) is 18.7 Å². The molecule has 2 rings (SSSR count). The number of hydrogen-bond donors (Lipinski definition) is 2. The summed E-state index contributed by atoms with van der Waals surface area (Å²) in [5.74, 6) is -2.81. The van der Waals surface area contributed by atoms with E-state index in [1.165, 1.54) is 6.07 Å². The van der Waals surface area contributed by atoms with Crippen molar-refractivity contribution in [2.75, 3.05) is 6.54 Å². The molecule has 0 unspecified atom stereocenters. The summed E-state index contributed by atoms with van der Waals surface area (Å²) in [7, 11) is 0. The molecular weight excluding hydrogens is 264 g/mol. The van der Waals surface area contributed by atoms with Crippen molar-refractivity contribution in [3.8, 4) is 0 Å². The van der Waals surface area contributed by atoms with Crippen LogP contribution in [0.15, 0.2) is 18.2 Å². The lowest BCUT2D eigenvalue weighted by molar-refractivity contribution is -0.144. The van der Waals surface area contributed by atoms with Crippen LogP contribution in [0.5, 0.6) is 0 Å². The molecule has 0 spiro atoms. The normalized spacial score (nSPS) is 22.6. The molecule has 1 fully saturated rings. The van der Waals surface area contributed by atoms with Crippen molar-refractivity contribution < 1.29 is 18.7 Å². The van der Waals surface area contributed by atoms with Crippen LogP contribution in [-0.4, -0.2) is 23.2 Å². The summed E-state index contributed by atoms with van der Waals surface area (Å²) >= 11 is 0. The van der Waals surface area contributed by atoms with Crippen molar-refractivity contribution in [3.05, 3.63) is 35.4 Å². The Morgan fingerprint density at radius 1 is 1.39 bits per heavy atom. The van der Waals surface area contributed by atoms with Crippen LogP contribution in [0.3, 0.4) is 0 Å². The molecule has 1 aromatic carbocycles. The Morgan fingerprint density at radius 2 is 2.11 bits per heavy atom. The zero-order valence-corrected chi connectivity index (χ0v) is 10.4. The number of carbonyl (C=O) groups is 1. The molecule has 2 N–H and O–H groups in total. The first-order valence-electron chi connectivity index (χ1n) is 5.46. The van der Waals surface area contributed by atoms with Gasteiger partial charge in [0.15, 0.2) is 11.6 Å². The summed E-state index contributed by atoms with van der Waals surface area (Å²) in [4.78, 5) is 11.2. The number of nitrogens with one attached hydrogen (secondary N) is 1. The molecule has 1 aromatic rings. The fourth-order valence-electron chi connectivity index (χ4n) is 2.21. The monoisotopic (exact) mass is 277 g/mol. The van der Waals surface area contributed by atoms with Crippen molar-refractivity contribution in [2.45, 2.75) is 24.8 Å². The minimum absolute atomic E-state index is 0. The third kappa shape index (κ3) is 2.79. The van der Waals surface area contributed by atoms with Crippen LogP contribution >= 0.6 is 12.4 Å². The minimum atomic E-state index is -1.04. The molecule has 0 aliphatic carbocycles. The Morgan fingerprint density at radius 3 is 2.61 bits per heavy atom. The highest BCUT2D eigenvalue weighted by atomic mass is 35.5. The Kier molecular flexibility index (Phi) is 4.65. The fourth-order valence-corrected chi connectivity index (χ4v) is 2.21. The molecule has 0 bridgehead atoms. The van der Waals surface area contributed by atoms with Gasteiger partial charge < -0.3 is 10.4 Å². The van der Waals surface area contributed by atoms with Gasteiger partial charge in [-0.2, -0.15) is 0 Å². The van der Waals surface area contributed by atoms with Crippen molar-refractivity contribution in [1.29, 1.82) is 0 Å². The van der Waals surface area contributed by atoms with Crippen molar-refractivity contribution in [1.82, 2.24) is 5.32 Å². The Labute approximate surface area is 110 Å². The summed E-state index contributed by atoms with van der Waals surface area (Å²) < 4.78 is 25.8. The number of aliphatic carboxylic acids is 1. The smallest absolute Gasteiger partial charge is 0.324 e. The van der Waals surface area contributed by atoms with Gasteiger partial charge in [-0.15, -0.1) is 12.4 Å². The molecule has 1 heterocycles. The van der Waals surface area contributed by atoms with Gasteiger partial charge in [0.05, 0.1) is 0 Å². The number of rotatable bonds is 3. The van der Waals surface area contributed by atoms with Gasteiger partial charge >= 0.3 is 5.97 Å². The maximum Gasteiger partial charge on any atom is 0.324 e. The summed E-state index contributed by atoms with van der Waals surface area (Å²) in [6.45, 7) is 0.635. The quantitative estimate of drug-likeness (QED) is 0.890. The molecule has 0 saturated carbocycles. The highest BCUT2D eigenvalue weighted by Crippen LogP contribution is 2.25. The molecule has 6 heteroatoms. The largest absolute Gasteiger partial charge is 0.480 e. The average Bonchev–Trinajstić information content (AvgIpc) is 2.73. The average molecular weight is 278 g/mol. The maximum absolute atomic E-state index is 13.0. The zero-order valence-electron chi connectivity index (χ0n) is 9.58. The lowest BCUT2D eigenvalue weighted by Crippen LogP contribution is -2.49. The van der Waals surface area contributed by atoms with Gasteiger partial charge in [0.25, 0.3) is 0 Å². The van der Waals surface area contributed by atoms with Crippen LogP contribution in [0, 0.1) is 11.6 Å². The van der Waals surface area contributed by atoms with E-state index in [0.29, 0.717) is 18.5 Å². The lowest BCUT2D eigenvalue weighted by Gasteiger charge is -2.24. The van der Waals surface area contributed by atoms with E-state index in [-0.39, 0.29) is 18.8 Å². The molecule has 18 heavy (non-hydrogen) atoms. The van der Waals surface area contributed by atoms with E-state index in [1.807, 2.05) is 0 Å². The number of halogens is 3. The molecule has 0 radical (unpaired) electrons. The van der Waals surface area contributed by atoms with Gasteiger partial charge in [0.1, 0.15) is 5.54 Å². The highest BCUT2D eigenvalue weighted by molar-refractivity contribution is 5.85. The molecule has 1 aliphatic rings. The van der Waals surface area contributed by atoms with Crippen LogP contribution in [0.25, 0.3) is 0 Å². The molecule has 100 valence electrons. The summed E-state index contributed by atoms with van der Waals surface area (Å²) in [6, 6.07) is 3.50. The summed E-state index contributed by atoms with van der Waals surface area (Å²) in [5, 5.41) is 12.2. The van der Waals surface area contributed by atoms with Crippen LogP contribution < -0.4 is 5.32 Å². The molecule has 3 nitrogen and oxygen atoms in total. The number of hydrogen-bond acceptors (Lipinski definition) is 2. The van der Waals surface area contributed by atoms with E-state index in [2.05, 4.69) is 5.32 Å². The first kappa shape index (κ1) is 14.9. The van der Waals surface area contributed by atoms with E-state index >= 15 is 0 Å². The predicted molar refractivity (Wildman–Crippen MR) is 64.9 cm³/mol. The molecule has 1 aliphatic heterocycles. The van der Waals surface area contributed by atoms with Gasteiger partial charge in [-0.05, 0) is 37.1 Å². The standard InChI is InChI=1S/C12H13F2NO2.ClH/c13-9-3-2-8(6-10(9)14)7-12(11(16)17)4-1-5-15-12;/h2-3,6,15H,1,4-5,7H2,(H,16,17);1H/t12-;/m0./s1. The van der Waals surface area contributed by atoms with Crippen LogP contribution in [0.2, 0.25) is 0 Å². The lowest BCUT2D eigenvalue weighted by atomic mass is 9.89. The topological polar surface area (TPSA) is 49.3 Å².